The number of benzene rings is 2. The van der Waals surface area contributed by atoms with Gasteiger partial charge in [-0.3, -0.25) is 9.59 Å². The third-order valence-corrected chi connectivity index (χ3v) is 3.88. The highest BCUT2D eigenvalue weighted by Gasteiger charge is 2.14. The quantitative estimate of drug-likeness (QED) is 0.601. The molecule has 6 nitrogen and oxygen atoms in total. The van der Waals surface area contributed by atoms with E-state index in [1.54, 1.807) is 0 Å². The number of rotatable bonds is 6. The Kier molecular flexibility index (Phi) is 6.74. The lowest BCUT2D eigenvalue weighted by Crippen LogP contribution is -2.27. The Morgan fingerprint density at radius 2 is 1.85 bits per heavy atom. The fourth-order valence-corrected chi connectivity index (χ4v) is 2.46. The minimum absolute atomic E-state index is 0.242. The molecule has 2 amide bonds. The molecule has 0 saturated carbocycles. The van der Waals surface area contributed by atoms with Crippen molar-refractivity contribution < 1.29 is 19.1 Å². The summed E-state index contributed by atoms with van der Waals surface area (Å²) in [6.45, 7) is 2.30. The summed E-state index contributed by atoms with van der Waals surface area (Å²) in [5, 5.41) is 5.47. The van der Waals surface area contributed by atoms with Gasteiger partial charge in [0, 0.05) is 6.54 Å². The number of methoxy groups -OCH3 is 1. The maximum Gasteiger partial charge on any atom is 0.337 e. The lowest BCUT2D eigenvalue weighted by atomic mass is 10.1. The van der Waals surface area contributed by atoms with Gasteiger partial charge in [0.1, 0.15) is 6.42 Å². The molecule has 2 aromatic carbocycles. The predicted octanol–water partition coefficient (Wildman–Crippen LogP) is 3.08. The Morgan fingerprint density at radius 3 is 2.54 bits per heavy atom. The van der Waals surface area contributed by atoms with Gasteiger partial charge in [-0.1, -0.05) is 41.4 Å². The van der Waals surface area contributed by atoms with Gasteiger partial charge in [0.15, 0.2) is 0 Å². The first-order chi connectivity index (χ1) is 12.4. The van der Waals surface area contributed by atoms with Crippen molar-refractivity contribution in [2.45, 2.75) is 19.9 Å². The molecule has 0 aliphatic carbocycles. The van der Waals surface area contributed by atoms with Gasteiger partial charge in [0.05, 0.1) is 23.4 Å². The molecule has 0 heterocycles. The van der Waals surface area contributed by atoms with Crippen LogP contribution in [-0.2, 0) is 20.9 Å². The molecule has 0 unspecified atom stereocenters. The van der Waals surface area contributed by atoms with Crippen LogP contribution >= 0.6 is 11.6 Å². The average Bonchev–Trinajstić information content (AvgIpc) is 2.61. The lowest BCUT2D eigenvalue weighted by molar-refractivity contribution is -0.126. The fourth-order valence-electron chi connectivity index (χ4n) is 2.29. The number of carbonyl (C=O) groups is 3. The molecule has 0 fully saturated rings. The number of halogens is 1. The van der Waals surface area contributed by atoms with Gasteiger partial charge < -0.3 is 15.4 Å². The van der Waals surface area contributed by atoms with Crippen molar-refractivity contribution in [1.82, 2.24) is 5.32 Å². The number of ether oxygens (including phenoxy) is 1. The van der Waals surface area contributed by atoms with E-state index in [2.05, 4.69) is 15.4 Å². The maximum absolute atomic E-state index is 12.0. The topological polar surface area (TPSA) is 84.5 Å². The molecule has 26 heavy (non-hydrogen) atoms. The van der Waals surface area contributed by atoms with Gasteiger partial charge in [-0.2, -0.15) is 0 Å². The molecule has 0 bridgehead atoms. The van der Waals surface area contributed by atoms with E-state index < -0.39 is 17.8 Å². The highest BCUT2D eigenvalue weighted by Crippen LogP contribution is 2.23. The Morgan fingerprint density at radius 1 is 1.08 bits per heavy atom. The minimum Gasteiger partial charge on any atom is -0.465 e. The van der Waals surface area contributed by atoms with Crippen molar-refractivity contribution in [3.8, 4) is 0 Å². The van der Waals surface area contributed by atoms with Crippen molar-refractivity contribution >= 4 is 35.1 Å². The molecule has 0 spiro atoms. The molecule has 0 radical (unpaired) electrons. The summed E-state index contributed by atoms with van der Waals surface area (Å²) in [5.74, 6) is -1.49. The molecule has 2 N–H and O–H groups in total. The SMILES string of the molecule is COC(=O)c1ccc(Cl)c(NC(=O)CC(=O)NCc2cccc(C)c2)c1. The van der Waals surface area contributed by atoms with E-state index in [0.29, 0.717) is 6.54 Å². The second-order valence-corrected chi connectivity index (χ2v) is 6.08. The van der Waals surface area contributed by atoms with E-state index in [9.17, 15) is 14.4 Å². The first kappa shape index (κ1) is 19.5. The Hall–Kier alpha value is -2.86. The second-order valence-electron chi connectivity index (χ2n) is 5.68. The number of esters is 1. The van der Waals surface area contributed by atoms with E-state index in [0.717, 1.165) is 11.1 Å². The van der Waals surface area contributed by atoms with Crippen LogP contribution in [0.5, 0.6) is 0 Å². The number of hydrogen-bond donors (Lipinski definition) is 2. The van der Waals surface area contributed by atoms with E-state index >= 15 is 0 Å². The largest absolute Gasteiger partial charge is 0.465 e. The van der Waals surface area contributed by atoms with Crippen molar-refractivity contribution in [2.24, 2.45) is 0 Å². The van der Waals surface area contributed by atoms with Crippen molar-refractivity contribution in [2.75, 3.05) is 12.4 Å². The zero-order valence-electron chi connectivity index (χ0n) is 14.5. The van der Waals surface area contributed by atoms with Crippen molar-refractivity contribution in [3.63, 3.8) is 0 Å². The summed E-state index contributed by atoms with van der Waals surface area (Å²) < 4.78 is 4.62. The van der Waals surface area contributed by atoms with Gasteiger partial charge in [-0.15, -0.1) is 0 Å². The number of amides is 2. The molecule has 0 aromatic heterocycles. The highest BCUT2D eigenvalue weighted by molar-refractivity contribution is 6.34. The first-order valence-corrected chi connectivity index (χ1v) is 8.27. The zero-order chi connectivity index (χ0) is 19.1. The van der Waals surface area contributed by atoms with Crippen LogP contribution in [0.2, 0.25) is 5.02 Å². The van der Waals surface area contributed by atoms with Crippen LogP contribution in [0.15, 0.2) is 42.5 Å². The maximum atomic E-state index is 12.0. The number of aryl methyl sites for hydroxylation is 1. The fraction of sp³-hybridized carbons (Fsp3) is 0.211. The highest BCUT2D eigenvalue weighted by atomic mass is 35.5. The van der Waals surface area contributed by atoms with Crippen LogP contribution < -0.4 is 10.6 Å². The summed E-state index contributed by atoms with van der Waals surface area (Å²) in [4.78, 5) is 35.5. The number of nitrogens with one attached hydrogen (secondary N) is 2. The molecule has 0 atom stereocenters. The summed E-state index contributed by atoms with van der Waals surface area (Å²) in [6, 6.07) is 12.1. The van der Waals surface area contributed by atoms with Crippen LogP contribution in [0, 0.1) is 6.92 Å². The summed E-state index contributed by atoms with van der Waals surface area (Å²) in [6.07, 6.45) is -0.357. The third kappa shape index (κ3) is 5.60. The van der Waals surface area contributed by atoms with E-state index in [1.807, 2.05) is 31.2 Å². The normalized spacial score (nSPS) is 10.1. The Balaban J connectivity index is 1.91. The first-order valence-electron chi connectivity index (χ1n) is 7.89. The molecule has 136 valence electrons. The molecular formula is C19H19ClN2O4. The van der Waals surface area contributed by atoms with Crippen molar-refractivity contribution in [3.05, 3.63) is 64.2 Å². The van der Waals surface area contributed by atoms with Gasteiger partial charge in [-0.25, -0.2) is 4.79 Å². The molecule has 7 heteroatoms. The van der Waals surface area contributed by atoms with Crippen LogP contribution in [-0.4, -0.2) is 24.9 Å². The lowest BCUT2D eigenvalue weighted by Gasteiger charge is -2.09. The van der Waals surface area contributed by atoms with Crippen LogP contribution in [0.4, 0.5) is 5.69 Å². The summed E-state index contributed by atoms with van der Waals surface area (Å²) in [7, 11) is 1.26. The molecule has 0 saturated heterocycles. The van der Waals surface area contributed by atoms with Gasteiger partial charge in [-0.05, 0) is 30.7 Å². The standard InChI is InChI=1S/C19H19ClN2O4/c1-12-4-3-5-13(8-12)11-21-17(23)10-18(24)22-16-9-14(19(25)26-2)6-7-15(16)20/h3-9H,10-11H2,1-2H3,(H,21,23)(H,22,24). The van der Waals surface area contributed by atoms with Crippen molar-refractivity contribution in [1.29, 1.82) is 0 Å². The smallest absolute Gasteiger partial charge is 0.337 e. The van der Waals surface area contributed by atoms with E-state index in [4.69, 9.17) is 11.6 Å². The van der Waals surface area contributed by atoms with Gasteiger partial charge in [0.25, 0.3) is 0 Å². The monoisotopic (exact) mass is 374 g/mol. The van der Waals surface area contributed by atoms with Crippen LogP contribution in [0.25, 0.3) is 0 Å². The van der Waals surface area contributed by atoms with Crippen LogP contribution in [0.3, 0.4) is 0 Å². The van der Waals surface area contributed by atoms with Gasteiger partial charge in [0.2, 0.25) is 11.8 Å². The molecule has 2 rings (SSSR count). The molecular weight excluding hydrogens is 356 g/mol. The van der Waals surface area contributed by atoms with E-state index in [-0.39, 0.29) is 22.7 Å². The van der Waals surface area contributed by atoms with Crippen LogP contribution in [0.1, 0.15) is 27.9 Å². The Bertz CT molecular complexity index is 836. The number of anilines is 1. The molecule has 0 aliphatic rings. The summed E-state index contributed by atoms with van der Waals surface area (Å²) in [5.41, 5.74) is 2.53. The molecule has 0 aliphatic heterocycles. The summed E-state index contributed by atoms with van der Waals surface area (Å²) >= 11 is 6.01. The minimum atomic E-state index is -0.548. The van der Waals surface area contributed by atoms with Gasteiger partial charge >= 0.3 is 5.97 Å². The zero-order valence-corrected chi connectivity index (χ0v) is 15.2. The third-order valence-electron chi connectivity index (χ3n) is 3.55. The van der Waals surface area contributed by atoms with E-state index in [1.165, 1.54) is 25.3 Å². The molecule has 2 aromatic rings. The number of carbonyl (C=O) groups excluding carboxylic acids is 3. The number of hydrogen-bond acceptors (Lipinski definition) is 4. The Labute approximate surface area is 156 Å². The average molecular weight is 375 g/mol. The predicted molar refractivity (Wildman–Crippen MR) is 99.1 cm³/mol. The second kappa shape index (κ2) is 9.01.